The van der Waals surface area contributed by atoms with Crippen molar-refractivity contribution in [1.82, 2.24) is 20.5 Å². The van der Waals surface area contributed by atoms with E-state index >= 15 is 0 Å². The molecular formula is C16H17N5OS2. The molecule has 1 saturated carbocycles. The Bertz CT molecular complexity index is 754. The minimum Gasteiger partial charge on any atom is -0.337 e. The summed E-state index contributed by atoms with van der Waals surface area (Å²) in [6.45, 7) is 0. The first-order valence-corrected chi connectivity index (χ1v) is 9.55. The molecule has 0 atom stereocenters. The van der Waals surface area contributed by atoms with Crippen LogP contribution >= 0.6 is 23.1 Å². The predicted octanol–water partition coefficient (Wildman–Crippen LogP) is 3.08. The lowest BCUT2D eigenvalue weighted by Gasteiger charge is -2.21. The number of aromatic amines is 1. The highest BCUT2D eigenvalue weighted by molar-refractivity contribution is 7.99. The van der Waals surface area contributed by atoms with Crippen LogP contribution in [-0.2, 0) is 4.79 Å². The highest BCUT2D eigenvalue weighted by Crippen LogP contribution is 2.29. The SMILES string of the molecule is N#CC1(NC(=O)CSc2n[nH]c(/C=C/c3cccs3)n2)CCCC1. The molecule has 2 aromatic heterocycles. The Labute approximate surface area is 148 Å². The van der Waals surface area contributed by atoms with Gasteiger partial charge in [-0.2, -0.15) is 5.26 Å². The number of carbonyl (C=O) groups is 1. The van der Waals surface area contributed by atoms with E-state index in [9.17, 15) is 10.1 Å². The normalized spacial score (nSPS) is 16.3. The van der Waals surface area contributed by atoms with E-state index < -0.39 is 5.54 Å². The van der Waals surface area contributed by atoms with E-state index in [1.165, 1.54) is 11.8 Å². The van der Waals surface area contributed by atoms with Crippen LogP contribution in [0.2, 0.25) is 0 Å². The molecule has 1 aliphatic rings. The van der Waals surface area contributed by atoms with Crippen molar-refractivity contribution in [2.45, 2.75) is 36.4 Å². The maximum atomic E-state index is 12.1. The lowest BCUT2D eigenvalue weighted by molar-refractivity contribution is -0.119. The van der Waals surface area contributed by atoms with Gasteiger partial charge in [0.15, 0.2) is 0 Å². The number of hydrogen-bond acceptors (Lipinski definition) is 6. The Hall–Kier alpha value is -2.11. The van der Waals surface area contributed by atoms with Crippen LogP contribution in [0.15, 0.2) is 22.7 Å². The van der Waals surface area contributed by atoms with Crippen LogP contribution in [0.1, 0.15) is 36.4 Å². The Kier molecular flexibility index (Phi) is 5.33. The zero-order valence-electron chi connectivity index (χ0n) is 13.0. The van der Waals surface area contributed by atoms with Gasteiger partial charge in [0.1, 0.15) is 11.4 Å². The van der Waals surface area contributed by atoms with Gasteiger partial charge in [-0.3, -0.25) is 9.89 Å². The third kappa shape index (κ3) is 4.24. The largest absolute Gasteiger partial charge is 0.337 e. The first-order chi connectivity index (χ1) is 11.7. The van der Waals surface area contributed by atoms with E-state index in [0.717, 1.165) is 30.6 Å². The summed E-state index contributed by atoms with van der Waals surface area (Å²) in [6.07, 6.45) is 7.26. The highest BCUT2D eigenvalue weighted by atomic mass is 32.2. The number of H-pyrrole nitrogens is 1. The molecule has 0 aromatic carbocycles. The predicted molar refractivity (Wildman–Crippen MR) is 95.3 cm³/mol. The fourth-order valence-corrected chi connectivity index (χ4v) is 3.84. The maximum Gasteiger partial charge on any atom is 0.231 e. The van der Waals surface area contributed by atoms with Crippen molar-refractivity contribution in [1.29, 1.82) is 5.26 Å². The summed E-state index contributed by atoms with van der Waals surface area (Å²) in [4.78, 5) is 17.5. The first kappa shape index (κ1) is 16.7. The number of amides is 1. The third-order valence-electron chi connectivity index (χ3n) is 3.81. The van der Waals surface area contributed by atoms with Gasteiger partial charge >= 0.3 is 0 Å². The number of thioether (sulfide) groups is 1. The van der Waals surface area contributed by atoms with Gasteiger partial charge in [0, 0.05) is 4.88 Å². The third-order valence-corrected chi connectivity index (χ3v) is 5.50. The smallest absolute Gasteiger partial charge is 0.231 e. The average molecular weight is 359 g/mol. The van der Waals surface area contributed by atoms with Gasteiger partial charge in [-0.1, -0.05) is 17.8 Å². The average Bonchev–Trinajstić information content (AvgIpc) is 3.33. The van der Waals surface area contributed by atoms with Gasteiger partial charge in [-0.25, -0.2) is 4.98 Å². The van der Waals surface area contributed by atoms with E-state index in [-0.39, 0.29) is 11.7 Å². The second kappa shape index (κ2) is 7.64. The van der Waals surface area contributed by atoms with Crippen molar-refractivity contribution in [3.8, 4) is 6.07 Å². The lowest BCUT2D eigenvalue weighted by atomic mass is 10.0. The van der Waals surface area contributed by atoms with Crippen LogP contribution in [0, 0.1) is 11.3 Å². The molecule has 6 nitrogen and oxygen atoms in total. The molecule has 2 aromatic rings. The molecule has 1 amide bonds. The zero-order chi connectivity index (χ0) is 16.8. The van der Waals surface area contributed by atoms with Crippen molar-refractivity contribution in [2.75, 3.05) is 5.75 Å². The van der Waals surface area contributed by atoms with Gasteiger partial charge in [0.25, 0.3) is 0 Å². The van der Waals surface area contributed by atoms with E-state index in [4.69, 9.17) is 0 Å². The monoisotopic (exact) mass is 359 g/mol. The summed E-state index contributed by atoms with van der Waals surface area (Å²) in [5, 5.41) is 21.6. The molecule has 0 unspecified atom stereocenters. The van der Waals surface area contributed by atoms with Crippen LogP contribution in [0.3, 0.4) is 0 Å². The van der Waals surface area contributed by atoms with Crippen molar-refractivity contribution < 1.29 is 4.79 Å². The summed E-state index contributed by atoms with van der Waals surface area (Å²) in [5.74, 6) is 0.703. The van der Waals surface area contributed by atoms with Crippen LogP contribution in [0.25, 0.3) is 12.2 Å². The fraction of sp³-hybridized carbons (Fsp3) is 0.375. The number of nitrogens with zero attached hydrogens (tertiary/aromatic N) is 3. The van der Waals surface area contributed by atoms with Crippen molar-refractivity contribution in [2.24, 2.45) is 0 Å². The molecule has 2 heterocycles. The summed E-state index contributed by atoms with van der Waals surface area (Å²) >= 11 is 2.91. The van der Waals surface area contributed by atoms with Crippen molar-refractivity contribution >= 4 is 41.2 Å². The molecule has 0 bridgehead atoms. The molecule has 0 radical (unpaired) electrons. The number of thiophene rings is 1. The van der Waals surface area contributed by atoms with Crippen LogP contribution in [-0.4, -0.2) is 32.4 Å². The van der Waals surface area contributed by atoms with E-state index in [1.54, 1.807) is 11.3 Å². The Balaban J connectivity index is 1.50. The topological polar surface area (TPSA) is 94.5 Å². The second-order valence-corrected chi connectivity index (χ2v) is 7.51. The second-order valence-electron chi connectivity index (χ2n) is 5.59. The number of nitriles is 1. The molecule has 0 spiro atoms. The quantitative estimate of drug-likeness (QED) is 0.773. The Morgan fingerprint density at radius 2 is 2.33 bits per heavy atom. The van der Waals surface area contributed by atoms with Gasteiger partial charge < -0.3 is 5.32 Å². The van der Waals surface area contributed by atoms with E-state index in [1.807, 2.05) is 29.7 Å². The molecule has 124 valence electrons. The molecule has 8 heteroatoms. The zero-order valence-corrected chi connectivity index (χ0v) is 14.6. The van der Waals surface area contributed by atoms with E-state index in [2.05, 4.69) is 26.6 Å². The number of carbonyl (C=O) groups excluding carboxylic acids is 1. The van der Waals surface area contributed by atoms with Crippen LogP contribution < -0.4 is 5.32 Å². The highest BCUT2D eigenvalue weighted by Gasteiger charge is 2.35. The molecule has 1 aliphatic carbocycles. The molecule has 24 heavy (non-hydrogen) atoms. The summed E-state index contributed by atoms with van der Waals surface area (Å²) in [6, 6.07) is 6.26. The van der Waals surface area contributed by atoms with E-state index in [0.29, 0.717) is 11.0 Å². The van der Waals surface area contributed by atoms with Gasteiger partial charge in [-0.15, -0.1) is 16.4 Å². The summed E-state index contributed by atoms with van der Waals surface area (Å²) in [5.41, 5.74) is -0.675. The molecule has 0 aliphatic heterocycles. The van der Waals surface area contributed by atoms with Gasteiger partial charge in [0.05, 0.1) is 11.8 Å². The number of hydrogen-bond donors (Lipinski definition) is 2. The molecular weight excluding hydrogens is 342 g/mol. The summed E-state index contributed by atoms with van der Waals surface area (Å²) in [7, 11) is 0. The Morgan fingerprint density at radius 1 is 1.50 bits per heavy atom. The minimum absolute atomic E-state index is 0.149. The van der Waals surface area contributed by atoms with Gasteiger partial charge in [-0.05, 0) is 49.3 Å². The number of nitrogens with one attached hydrogen (secondary N) is 2. The number of rotatable bonds is 6. The van der Waals surface area contributed by atoms with Crippen molar-refractivity contribution in [3.05, 3.63) is 28.2 Å². The molecule has 2 N–H and O–H groups in total. The van der Waals surface area contributed by atoms with Crippen LogP contribution in [0.4, 0.5) is 0 Å². The lowest BCUT2D eigenvalue weighted by Crippen LogP contribution is -2.45. The first-order valence-electron chi connectivity index (χ1n) is 7.68. The number of aromatic nitrogens is 3. The van der Waals surface area contributed by atoms with Crippen LogP contribution in [0.5, 0.6) is 0 Å². The van der Waals surface area contributed by atoms with Gasteiger partial charge in [0.2, 0.25) is 11.1 Å². The Morgan fingerprint density at radius 3 is 3.04 bits per heavy atom. The molecule has 0 saturated heterocycles. The fourth-order valence-electron chi connectivity index (χ4n) is 2.62. The van der Waals surface area contributed by atoms with Crippen molar-refractivity contribution in [3.63, 3.8) is 0 Å². The maximum absolute atomic E-state index is 12.1. The minimum atomic E-state index is -0.675. The molecule has 1 fully saturated rings. The summed E-state index contributed by atoms with van der Waals surface area (Å²) < 4.78 is 0. The molecule has 3 rings (SSSR count). The standard InChI is InChI=1S/C16H17N5OS2/c17-11-16(7-1-2-8-16)19-14(22)10-24-15-18-13(20-21-15)6-5-12-4-3-9-23-12/h3-6,9H,1-2,7-8,10H2,(H,19,22)(H,18,20,21)/b6-5+.